The third kappa shape index (κ3) is 3.91. The molecule has 0 radical (unpaired) electrons. The van der Waals surface area contributed by atoms with E-state index in [-0.39, 0.29) is 12.5 Å². The summed E-state index contributed by atoms with van der Waals surface area (Å²) in [7, 11) is 0. The third-order valence-corrected chi connectivity index (χ3v) is 3.21. The van der Waals surface area contributed by atoms with Crippen LogP contribution in [0.25, 0.3) is 0 Å². The summed E-state index contributed by atoms with van der Waals surface area (Å²) in [5, 5.41) is 11.9. The minimum Gasteiger partial charge on any atom is -0.392 e. The first-order valence-corrected chi connectivity index (χ1v) is 6.71. The van der Waals surface area contributed by atoms with E-state index in [0.29, 0.717) is 12.1 Å². The van der Waals surface area contributed by atoms with Crippen molar-refractivity contribution in [3.63, 3.8) is 0 Å². The summed E-state index contributed by atoms with van der Waals surface area (Å²) < 4.78 is 0.877. The first-order chi connectivity index (χ1) is 9.19. The van der Waals surface area contributed by atoms with Crippen LogP contribution in [0.1, 0.15) is 21.5 Å². The van der Waals surface area contributed by atoms with Crippen LogP contribution in [0.2, 0.25) is 0 Å². The van der Waals surface area contributed by atoms with Gasteiger partial charge in [-0.1, -0.05) is 46.3 Å². The quantitative estimate of drug-likeness (QED) is 0.910. The highest BCUT2D eigenvalue weighted by molar-refractivity contribution is 9.10. The molecule has 4 heteroatoms. The molecule has 3 nitrogen and oxygen atoms in total. The molecule has 0 aliphatic rings. The number of rotatable bonds is 4. The molecule has 0 saturated heterocycles. The topological polar surface area (TPSA) is 49.3 Å². The van der Waals surface area contributed by atoms with E-state index in [9.17, 15) is 4.79 Å². The smallest absolute Gasteiger partial charge is 0.251 e. The SMILES string of the molecule is O=C(NCc1cccc(CO)c1)c1cccc(Br)c1. The lowest BCUT2D eigenvalue weighted by atomic mass is 10.1. The van der Waals surface area contributed by atoms with Crippen LogP contribution >= 0.6 is 15.9 Å². The molecule has 0 aromatic heterocycles. The Bertz CT molecular complexity index is 584. The van der Waals surface area contributed by atoms with E-state index < -0.39 is 0 Å². The second-order valence-corrected chi connectivity index (χ2v) is 5.09. The van der Waals surface area contributed by atoms with E-state index in [1.54, 1.807) is 12.1 Å². The fraction of sp³-hybridized carbons (Fsp3) is 0.133. The molecular formula is C15H14BrNO2. The van der Waals surface area contributed by atoms with Gasteiger partial charge in [-0.25, -0.2) is 0 Å². The first kappa shape index (κ1) is 13.8. The minimum absolute atomic E-state index is 0.00736. The summed E-state index contributed by atoms with van der Waals surface area (Å²) in [6.07, 6.45) is 0. The summed E-state index contributed by atoms with van der Waals surface area (Å²) in [4.78, 5) is 11.9. The van der Waals surface area contributed by atoms with Crippen molar-refractivity contribution in [3.8, 4) is 0 Å². The molecule has 2 rings (SSSR count). The minimum atomic E-state index is -0.115. The predicted octanol–water partition coefficient (Wildman–Crippen LogP) is 2.87. The molecule has 0 fully saturated rings. The van der Waals surface area contributed by atoms with Crippen LogP contribution in [-0.4, -0.2) is 11.0 Å². The van der Waals surface area contributed by atoms with E-state index in [4.69, 9.17) is 5.11 Å². The van der Waals surface area contributed by atoms with Crippen LogP contribution < -0.4 is 5.32 Å². The Kier molecular flexibility index (Phi) is 4.71. The fourth-order valence-electron chi connectivity index (χ4n) is 1.75. The number of amides is 1. The normalized spacial score (nSPS) is 10.2. The van der Waals surface area contributed by atoms with E-state index >= 15 is 0 Å². The number of aliphatic hydroxyl groups excluding tert-OH is 1. The van der Waals surface area contributed by atoms with E-state index in [2.05, 4.69) is 21.2 Å². The first-order valence-electron chi connectivity index (χ1n) is 5.91. The van der Waals surface area contributed by atoms with Crippen LogP contribution in [0, 0.1) is 0 Å². The lowest BCUT2D eigenvalue weighted by Gasteiger charge is -2.07. The largest absolute Gasteiger partial charge is 0.392 e. The summed E-state index contributed by atoms with van der Waals surface area (Å²) >= 11 is 3.34. The van der Waals surface area contributed by atoms with Gasteiger partial charge in [-0.15, -0.1) is 0 Å². The van der Waals surface area contributed by atoms with Gasteiger partial charge < -0.3 is 10.4 Å². The van der Waals surface area contributed by atoms with Crippen LogP contribution in [-0.2, 0) is 13.2 Å². The van der Waals surface area contributed by atoms with Crippen molar-refractivity contribution in [1.29, 1.82) is 0 Å². The van der Waals surface area contributed by atoms with Crippen molar-refractivity contribution >= 4 is 21.8 Å². The highest BCUT2D eigenvalue weighted by Crippen LogP contribution is 2.12. The number of halogens is 1. The highest BCUT2D eigenvalue weighted by Gasteiger charge is 2.05. The molecule has 0 atom stereocenters. The Labute approximate surface area is 120 Å². The maximum atomic E-state index is 11.9. The third-order valence-electron chi connectivity index (χ3n) is 2.71. The molecule has 2 aromatic rings. The van der Waals surface area contributed by atoms with Crippen molar-refractivity contribution < 1.29 is 9.90 Å². The van der Waals surface area contributed by atoms with Gasteiger partial charge in [0.25, 0.3) is 5.91 Å². The Morgan fingerprint density at radius 3 is 2.58 bits per heavy atom. The van der Waals surface area contributed by atoms with E-state index in [1.165, 1.54) is 0 Å². The summed E-state index contributed by atoms with van der Waals surface area (Å²) in [6, 6.07) is 14.8. The van der Waals surface area contributed by atoms with Crippen molar-refractivity contribution in [1.82, 2.24) is 5.32 Å². The Balaban J connectivity index is 2.00. The van der Waals surface area contributed by atoms with E-state index in [1.807, 2.05) is 36.4 Å². The van der Waals surface area contributed by atoms with Gasteiger partial charge in [-0.3, -0.25) is 4.79 Å². The standard InChI is InChI=1S/C15H14BrNO2/c16-14-6-2-5-13(8-14)15(19)17-9-11-3-1-4-12(7-11)10-18/h1-8,18H,9-10H2,(H,17,19). The van der Waals surface area contributed by atoms with Crippen LogP contribution in [0.5, 0.6) is 0 Å². The molecule has 0 unspecified atom stereocenters. The number of hydrogen-bond donors (Lipinski definition) is 2. The number of carbonyl (C=O) groups is 1. The van der Waals surface area contributed by atoms with Crippen molar-refractivity contribution in [2.75, 3.05) is 0 Å². The van der Waals surface area contributed by atoms with Gasteiger partial charge in [0.15, 0.2) is 0 Å². The van der Waals surface area contributed by atoms with Crippen LogP contribution in [0.3, 0.4) is 0 Å². The molecule has 1 amide bonds. The molecule has 0 aliphatic heterocycles. The number of aliphatic hydroxyl groups is 1. The number of carbonyl (C=O) groups excluding carboxylic acids is 1. The monoisotopic (exact) mass is 319 g/mol. The molecule has 2 aromatic carbocycles. The zero-order valence-corrected chi connectivity index (χ0v) is 11.9. The molecular weight excluding hydrogens is 306 g/mol. The van der Waals surface area contributed by atoms with Gasteiger partial charge in [0, 0.05) is 16.6 Å². The summed E-state index contributed by atoms with van der Waals surface area (Å²) in [5.41, 5.74) is 2.43. The molecule has 98 valence electrons. The number of hydrogen-bond acceptors (Lipinski definition) is 2. The van der Waals surface area contributed by atoms with Gasteiger partial charge in [-0.05, 0) is 29.3 Å². The van der Waals surface area contributed by atoms with Gasteiger partial charge in [-0.2, -0.15) is 0 Å². The molecule has 0 aliphatic carbocycles. The van der Waals surface area contributed by atoms with Gasteiger partial charge >= 0.3 is 0 Å². The Morgan fingerprint density at radius 1 is 1.11 bits per heavy atom. The Hall–Kier alpha value is -1.65. The van der Waals surface area contributed by atoms with Crippen LogP contribution in [0.4, 0.5) is 0 Å². The average molecular weight is 320 g/mol. The number of nitrogens with one attached hydrogen (secondary N) is 1. The zero-order valence-electron chi connectivity index (χ0n) is 10.3. The average Bonchev–Trinajstić information content (AvgIpc) is 2.45. The number of benzene rings is 2. The zero-order chi connectivity index (χ0) is 13.7. The van der Waals surface area contributed by atoms with Gasteiger partial charge in [0.2, 0.25) is 0 Å². The molecule has 0 heterocycles. The van der Waals surface area contributed by atoms with Gasteiger partial charge in [0.1, 0.15) is 0 Å². The summed E-state index contributed by atoms with van der Waals surface area (Å²) in [6.45, 7) is 0.451. The Morgan fingerprint density at radius 2 is 1.84 bits per heavy atom. The van der Waals surface area contributed by atoms with Gasteiger partial charge in [0.05, 0.1) is 6.61 Å². The predicted molar refractivity (Wildman–Crippen MR) is 77.7 cm³/mol. The fourth-order valence-corrected chi connectivity index (χ4v) is 2.15. The maximum absolute atomic E-state index is 11.9. The second kappa shape index (κ2) is 6.50. The van der Waals surface area contributed by atoms with E-state index in [0.717, 1.165) is 15.6 Å². The molecule has 0 saturated carbocycles. The second-order valence-electron chi connectivity index (χ2n) is 4.17. The van der Waals surface area contributed by atoms with Crippen LogP contribution in [0.15, 0.2) is 53.0 Å². The maximum Gasteiger partial charge on any atom is 0.251 e. The van der Waals surface area contributed by atoms with Crippen molar-refractivity contribution in [3.05, 3.63) is 69.7 Å². The van der Waals surface area contributed by atoms with Crippen molar-refractivity contribution in [2.45, 2.75) is 13.2 Å². The molecule has 0 spiro atoms. The lowest BCUT2D eigenvalue weighted by Crippen LogP contribution is -2.22. The highest BCUT2D eigenvalue weighted by atomic mass is 79.9. The van der Waals surface area contributed by atoms with Crippen molar-refractivity contribution in [2.24, 2.45) is 0 Å². The lowest BCUT2D eigenvalue weighted by molar-refractivity contribution is 0.0951. The molecule has 19 heavy (non-hydrogen) atoms. The molecule has 2 N–H and O–H groups in total. The molecule has 0 bridgehead atoms. The summed E-state index contributed by atoms with van der Waals surface area (Å²) in [5.74, 6) is -0.115.